The standard InChI is InChI=1S/C33H47N3O7/c1-9-10-19-36(26(37)21-34-31(41)43-33(6,7)8)27(24-18-14-15-22(2)28(24)38)29(39)35-25(30(40)42-32(3,4)5)20-23-16-12-11-13-17-23/h11-18,25,27,38H,9-10,19-21H2,1-8H3,(H,34,41)(H,35,39). The predicted molar refractivity (Wildman–Crippen MR) is 164 cm³/mol. The summed E-state index contributed by atoms with van der Waals surface area (Å²) in [6, 6.07) is 11.8. The molecule has 3 amide bonds. The first-order chi connectivity index (χ1) is 20.0. The monoisotopic (exact) mass is 597 g/mol. The Balaban J connectivity index is 2.51. The Labute approximate surface area is 255 Å². The number of amides is 3. The van der Waals surface area contributed by atoms with Gasteiger partial charge in [0, 0.05) is 18.5 Å². The summed E-state index contributed by atoms with van der Waals surface area (Å²) < 4.78 is 10.9. The molecule has 10 nitrogen and oxygen atoms in total. The van der Waals surface area contributed by atoms with Crippen LogP contribution in [0.15, 0.2) is 48.5 Å². The Hall–Kier alpha value is -4.08. The Bertz CT molecular complexity index is 1250. The van der Waals surface area contributed by atoms with E-state index in [1.807, 2.05) is 37.3 Å². The number of hydrogen-bond donors (Lipinski definition) is 3. The molecule has 2 unspecified atom stereocenters. The molecule has 0 bridgehead atoms. The maximum atomic E-state index is 14.2. The maximum absolute atomic E-state index is 14.2. The zero-order valence-corrected chi connectivity index (χ0v) is 26.7. The lowest BCUT2D eigenvalue weighted by atomic mass is 9.98. The van der Waals surface area contributed by atoms with E-state index in [-0.39, 0.29) is 24.3 Å². The van der Waals surface area contributed by atoms with E-state index in [0.717, 1.165) is 5.56 Å². The molecule has 0 aliphatic heterocycles. The number of unbranched alkanes of at least 4 members (excludes halogenated alkanes) is 1. The molecular weight excluding hydrogens is 550 g/mol. The van der Waals surface area contributed by atoms with Crippen molar-refractivity contribution in [3.63, 3.8) is 0 Å². The molecule has 3 N–H and O–H groups in total. The van der Waals surface area contributed by atoms with Gasteiger partial charge in [-0.2, -0.15) is 0 Å². The molecule has 0 saturated heterocycles. The van der Waals surface area contributed by atoms with Gasteiger partial charge in [-0.05, 0) is 66.0 Å². The molecule has 0 radical (unpaired) electrons. The number of nitrogens with one attached hydrogen (secondary N) is 2. The number of phenols is 1. The highest BCUT2D eigenvalue weighted by Crippen LogP contribution is 2.32. The Morgan fingerprint density at radius 2 is 1.53 bits per heavy atom. The van der Waals surface area contributed by atoms with Crippen LogP contribution < -0.4 is 10.6 Å². The van der Waals surface area contributed by atoms with E-state index in [2.05, 4.69) is 10.6 Å². The van der Waals surface area contributed by atoms with E-state index in [1.54, 1.807) is 66.7 Å². The average molecular weight is 598 g/mol. The molecule has 0 aromatic heterocycles. The molecule has 2 aromatic rings. The van der Waals surface area contributed by atoms with Gasteiger partial charge in [-0.15, -0.1) is 0 Å². The van der Waals surface area contributed by atoms with Gasteiger partial charge < -0.3 is 30.1 Å². The van der Waals surface area contributed by atoms with Crippen LogP contribution in [0.3, 0.4) is 0 Å². The highest BCUT2D eigenvalue weighted by Gasteiger charge is 2.36. The highest BCUT2D eigenvalue weighted by molar-refractivity contribution is 5.93. The number of hydrogen-bond acceptors (Lipinski definition) is 7. The second kappa shape index (κ2) is 15.4. The van der Waals surface area contributed by atoms with Gasteiger partial charge in [-0.3, -0.25) is 9.59 Å². The largest absolute Gasteiger partial charge is 0.507 e. The number of ether oxygens (including phenoxy) is 2. The van der Waals surface area contributed by atoms with Gasteiger partial charge in [-0.25, -0.2) is 9.59 Å². The van der Waals surface area contributed by atoms with Gasteiger partial charge in [-0.1, -0.05) is 61.9 Å². The van der Waals surface area contributed by atoms with Crippen molar-refractivity contribution in [3.8, 4) is 5.75 Å². The molecule has 0 heterocycles. The van der Waals surface area contributed by atoms with Crippen LogP contribution in [0.25, 0.3) is 0 Å². The number of esters is 1. The zero-order valence-electron chi connectivity index (χ0n) is 26.7. The minimum Gasteiger partial charge on any atom is -0.507 e. The van der Waals surface area contributed by atoms with E-state index < -0.39 is 53.7 Å². The molecule has 10 heteroatoms. The fourth-order valence-electron chi connectivity index (χ4n) is 4.31. The summed E-state index contributed by atoms with van der Waals surface area (Å²) in [4.78, 5) is 54.8. The summed E-state index contributed by atoms with van der Waals surface area (Å²) in [6.07, 6.45) is 0.639. The predicted octanol–water partition coefficient (Wildman–Crippen LogP) is 4.96. The molecule has 2 atom stereocenters. The number of benzene rings is 2. The second-order valence-corrected chi connectivity index (χ2v) is 12.5. The van der Waals surface area contributed by atoms with Crippen molar-refractivity contribution in [2.45, 2.75) is 97.9 Å². The molecule has 0 saturated carbocycles. The fourth-order valence-corrected chi connectivity index (χ4v) is 4.31. The minimum absolute atomic E-state index is 0.145. The molecule has 0 fully saturated rings. The Morgan fingerprint density at radius 3 is 2.12 bits per heavy atom. The van der Waals surface area contributed by atoms with Crippen LogP contribution in [0.4, 0.5) is 4.79 Å². The van der Waals surface area contributed by atoms with E-state index >= 15 is 0 Å². The lowest BCUT2D eigenvalue weighted by molar-refractivity contribution is -0.159. The van der Waals surface area contributed by atoms with Crippen LogP contribution in [0.1, 0.15) is 84.0 Å². The second-order valence-electron chi connectivity index (χ2n) is 12.5. The van der Waals surface area contributed by atoms with Crippen molar-refractivity contribution < 1.29 is 33.8 Å². The smallest absolute Gasteiger partial charge is 0.408 e. The normalized spacial score (nSPS) is 12.9. The van der Waals surface area contributed by atoms with Gasteiger partial charge >= 0.3 is 12.1 Å². The van der Waals surface area contributed by atoms with E-state index in [0.29, 0.717) is 18.4 Å². The van der Waals surface area contributed by atoms with Crippen molar-refractivity contribution in [3.05, 3.63) is 65.2 Å². The lowest BCUT2D eigenvalue weighted by Gasteiger charge is -2.33. The van der Waals surface area contributed by atoms with Crippen molar-refractivity contribution in [2.75, 3.05) is 13.1 Å². The third-order valence-corrected chi connectivity index (χ3v) is 6.27. The van der Waals surface area contributed by atoms with Crippen LogP contribution in [0.2, 0.25) is 0 Å². The number of aromatic hydroxyl groups is 1. The van der Waals surface area contributed by atoms with Crippen LogP contribution in [0.5, 0.6) is 5.75 Å². The zero-order chi connectivity index (χ0) is 32.4. The van der Waals surface area contributed by atoms with Crippen molar-refractivity contribution in [1.82, 2.24) is 15.5 Å². The molecular formula is C33H47N3O7. The number of carbonyl (C=O) groups excluding carboxylic acids is 4. The van der Waals surface area contributed by atoms with Gasteiger partial charge in [0.15, 0.2) is 0 Å². The van der Waals surface area contributed by atoms with Crippen molar-refractivity contribution >= 4 is 23.9 Å². The summed E-state index contributed by atoms with van der Waals surface area (Å²) in [5.41, 5.74) is -0.0595. The van der Waals surface area contributed by atoms with Crippen molar-refractivity contribution in [1.29, 1.82) is 0 Å². The highest BCUT2D eigenvalue weighted by atomic mass is 16.6. The minimum atomic E-state index is -1.31. The number of para-hydroxylation sites is 1. The van der Waals surface area contributed by atoms with Gasteiger partial charge in [0.05, 0.1) is 0 Å². The van der Waals surface area contributed by atoms with Crippen LogP contribution in [0, 0.1) is 6.92 Å². The number of alkyl carbamates (subject to hydrolysis) is 1. The lowest BCUT2D eigenvalue weighted by Crippen LogP contribution is -2.52. The van der Waals surface area contributed by atoms with Crippen LogP contribution in [-0.4, -0.2) is 64.2 Å². The van der Waals surface area contributed by atoms with Gasteiger partial charge in [0.1, 0.15) is 35.6 Å². The van der Waals surface area contributed by atoms with Crippen LogP contribution in [-0.2, 0) is 30.3 Å². The first kappa shape index (κ1) is 35.1. The van der Waals surface area contributed by atoms with E-state index in [1.165, 1.54) is 4.90 Å². The van der Waals surface area contributed by atoms with Gasteiger partial charge in [0.2, 0.25) is 11.8 Å². The number of carbonyl (C=O) groups is 4. The first-order valence-corrected chi connectivity index (χ1v) is 14.6. The summed E-state index contributed by atoms with van der Waals surface area (Å²) >= 11 is 0. The quantitative estimate of drug-likeness (QED) is 0.294. The SMILES string of the molecule is CCCCN(C(=O)CNC(=O)OC(C)(C)C)C(C(=O)NC(Cc1ccccc1)C(=O)OC(C)(C)C)c1cccc(C)c1O. The number of rotatable bonds is 12. The fraction of sp³-hybridized carbons (Fsp3) is 0.515. The molecule has 43 heavy (non-hydrogen) atoms. The summed E-state index contributed by atoms with van der Waals surface area (Å²) in [5.74, 6) is -2.00. The molecule has 0 aliphatic carbocycles. The third-order valence-electron chi connectivity index (χ3n) is 6.27. The Morgan fingerprint density at radius 1 is 0.907 bits per heavy atom. The number of aryl methyl sites for hydroxylation is 1. The number of nitrogens with zero attached hydrogens (tertiary/aromatic N) is 1. The van der Waals surface area contributed by atoms with Gasteiger partial charge in [0.25, 0.3) is 0 Å². The van der Waals surface area contributed by atoms with Crippen LogP contribution >= 0.6 is 0 Å². The molecule has 0 aliphatic rings. The van der Waals surface area contributed by atoms with E-state index in [4.69, 9.17) is 9.47 Å². The topological polar surface area (TPSA) is 134 Å². The molecule has 236 valence electrons. The van der Waals surface area contributed by atoms with E-state index in [9.17, 15) is 24.3 Å². The summed E-state index contributed by atoms with van der Waals surface area (Å²) in [5, 5.41) is 16.3. The maximum Gasteiger partial charge on any atom is 0.408 e. The Kier molecular flexibility index (Phi) is 12.6. The average Bonchev–Trinajstić information content (AvgIpc) is 2.90. The summed E-state index contributed by atoms with van der Waals surface area (Å²) in [6.45, 7) is 13.7. The first-order valence-electron chi connectivity index (χ1n) is 14.6. The third kappa shape index (κ3) is 11.6. The molecule has 2 rings (SSSR count). The van der Waals surface area contributed by atoms with Crippen molar-refractivity contribution in [2.24, 2.45) is 0 Å². The summed E-state index contributed by atoms with van der Waals surface area (Å²) in [7, 11) is 0. The molecule has 2 aromatic carbocycles. The molecule has 0 spiro atoms. The number of phenolic OH excluding ortho intramolecular Hbond substituents is 1.